The largest absolute Gasteiger partial charge is 0.479 e. The van der Waals surface area contributed by atoms with Gasteiger partial charge in [0, 0.05) is 0 Å². The SMILES string of the molecule is CC(C)C/C=C/[C@@H](C)[C@H]1CC[C@@H]2/C(=C/[C@@H]3C4=C(CC[C@H](OC(C)(C)C(=O)O)C4)Cn4c(=O)n(-c5ccccc5)c(=O)n43)CCC[C@@]21C. The van der Waals surface area contributed by atoms with Gasteiger partial charge in [-0.25, -0.2) is 28.3 Å². The summed E-state index contributed by atoms with van der Waals surface area (Å²) in [7, 11) is 0. The van der Waals surface area contributed by atoms with E-state index in [9.17, 15) is 19.5 Å². The van der Waals surface area contributed by atoms with Crippen LogP contribution < -0.4 is 11.4 Å². The lowest BCUT2D eigenvalue weighted by atomic mass is 9.61. The van der Waals surface area contributed by atoms with E-state index in [-0.39, 0.29) is 22.9 Å². The van der Waals surface area contributed by atoms with E-state index in [1.54, 1.807) is 35.3 Å². The Morgan fingerprint density at radius 3 is 2.53 bits per heavy atom. The number of fused-ring (bicyclic) bond motifs is 2. The zero-order valence-corrected chi connectivity index (χ0v) is 29.1. The van der Waals surface area contributed by atoms with Gasteiger partial charge < -0.3 is 9.84 Å². The van der Waals surface area contributed by atoms with Crippen LogP contribution in [-0.2, 0) is 16.1 Å². The van der Waals surface area contributed by atoms with Crippen LogP contribution in [0, 0.1) is 29.1 Å². The molecule has 8 heteroatoms. The van der Waals surface area contributed by atoms with E-state index in [0.717, 1.165) is 31.3 Å². The van der Waals surface area contributed by atoms with Crippen molar-refractivity contribution < 1.29 is 14.6 Å². The molecular weight excluding hydrogens is 590 g/mol. The van der Waals surface area contributed by atoms with Gasteiger partial charge in [-0.1, -0.05) is 69.7 Å². The first-order valence-electron chi connectivity index (χ1n) is 17.8. The van der Waals surface area contributed by atoms with E-state index < -0.39 is 17.6 Å². The summed E-state index contributed by atoms with van der Waals surface area (Å²) >= 11 is 0. The van der Waals surface area contributed by atoms with Crippen molar-refractivity contribution in [2.75, 3.05) is 0 Å². The smallest absolute Gasteiger partial charge is 0.352 e. The van der Waals surface area contributed by atoms with Crippen LogP contribution in [0.15, 0.2) is 74.9 Å². The molecule has 8 nitrogen and oxygen atoms in total. The number of aromatic nitrogens is 3. The molecule has 0 bridgehead atoms. The highest BCUT2D eigenvalue weighted by atomic mass is 16.5. The van der Waals surface area contributed by atoms with Crippen LogP contribution in [0.4, 0.5) is 0 Å². The monoisotopic (exact) mass is 643 g/mol. The Hall–Kier alpha value is -3.39. The molecule has 6 atom stereocenters. The van der Waals surface area contributed by atoms with Gasteiger partial charge >= 0.3 is 17.3 Å². The Morgan fingerprint density at radius 1 is 1.09 bits per heavy atom. The van der Waals surface area contributed by atoms with Crippen molar-refractivity contribution in [3.8, 4) is 5.69 Å². The fraction of sp³-hybridized carbons (Fsp3) is 0.615. The maximum atomic E-state index is 14.3. The fourth-order valence-corrected chi connectivity index (χ4v) is 9.32. The number of carboxylic acids is 1. The van der Waals surface area contributed by atoms with Crippen LogP contribution in [0.25, 0.3) is 5.69 Å². The van der Waals surface area contributed by atoms with Crippen LogP contribution in [0.2, 0.25) is 0 Å². The molecule has 47 heavy (non-hydrogen) atoms. The summed E-state index contributed by atoms with van der Waals surface area (Å²) in [5.41, 5.74) is 2.45. The first kappa shape index (κ1) is 33.5. The number of benzene rings is 1. The Morgan fingerprint density at radius 2 is 1.83 bits per heavy atom. The zero-order chi connectivity index (χ0) is 33.7. The number of aliphatic carboxylic acids is 1. The highest BCUT2D eigenvalue weighted by molar-refractivity contribution is 5.76. The molecule has 0 spiro atoms. The summed E-state index contributed by atoms with van der Waals surface area (Å²) in [5.74, 6) is 1.21. The van der Waals surface area contributed by atoms with Gasteiger partial charge in [0.05, 0.1) is 24.4 Å². The fourth-order valence-electron chi connectivity index (χ4n) is 9.32. The minimum atomic E-state index is -1.31. The maximum Gasteiger partial charge on any atom is 0.352 e. The van der Waals surface area contributed by atoms with E-state index in [4.69, 9.17) is 4.74 Å². The molecule has 4 aliphatic rings. The second kappa shape index (κ2) is 12.9. The molecule has 2 saturated carbocycles. The number of para-hydroxylation sites is 1. The van der Waals surface area contributed by atoms with Crippen molar-refractivity contribution >= 4 is 5.97 Å². The van der Waals surface area contributed by atoms with Crippen LogP contribution in [0.5, 0.6) is 0 Å². The molecule has 1 N–H and O–H groups in total. The summed E-state index contributed by atoms with van der Waals surface area (Å²) in [6, 6.07) is 8.75. The second-order valence-corrected chi connectivity index (χ2v) is 15.8. The van der Waals surface area contributed by atoms with Crippen LogP contribution >= 0.6 is 0 Å². The highest BCUT2D eigenvalue weighted by Gasteiger charge is 2.51. The minimum absolute atomic E-state index is 0.182. The van der Waals surface area contributed by atoms with Gasteiger partial charge in [-0.2, -0.15) is 0 Å². The Kier molecular flexibility index (Phi) is 9.20. The zero-order valence-electron chi connectivity index (χ0n) is 29.1. The number of hydrogen-bond acceptors (Lipinski definition) is 4. The lowest BCUT2D eigenvalue weighted by Crippen LogP contribution is -2.42. The van der Waals surface area contributed by atoms with Crippen molar-refractivity contribution in [2.24, 2.45) is 29.1 Å². The first-order valence-corrected chi connectivity index (χ1v) is 17.8. The van der Waals surface area contributed by atoms with Crippen molar-refractivity contribution in [3.63, 3.8) is 0 Å². The van der Waals surface area contributed by atoms with Crippen molar-refractivity contribution in [2.45, 2.75) is 124 Å². The van der Waals surface area contributed by atoms with E-state index in [0.29, 0.717) is 55.2 Å². The highest BCUT2D eigenvalue weighted by Crippen LogP contribution is 2.60. The summed E-state index contributed by atoms with van der Waals surface area (Å²) < 4.78 is 10.8. The molecular formula is C39H53N3O5. The van der Waals surface area contributed by atoms with E-state index >= 15 is 0 Å². The van der Waals surface area contributed by atoms with Gasteiger partial charge in [0.25, 0.3) is 0 Å². The van der Waals surface area contributed by atoms with Gasteiger partial charge in [-0.3, -0.25) is 0 Å². The molecule has 1 aliphatic heterocycles. The molecule has 2 heterocycles. The standard InChI is InChI=1S/C39H53N3O5/c1-25(2)12-10-13-26(3)32-19-20-33-27(14-11-21-39(32,33)6)22-34-31-23-30(47-38(4,5)35(43)44)18-17-28(31)24-40-36(45)41(37(46)42(34)40)29-15-8-7-9-16-29/h7-10,13,15-16,22,25-26,30,32-34H,11-12,14,17-21,23-24H2,1-6H3,(H,43,44)/b13-10+,27-22+/t26-,30+,32-,33-,34-,39-/m1/s1. The number of nitrogens with zero attached hydrogens (tertiary/aromatic N) is 3. The molecule has 1 aromatic heterocycles. The summed E-state index contributed by atoms with van der Waals surface area (Å²) in [4.78, 5) is 40.1. The molecule has 3 aliphatic carbocycles. The lowest BCUT2D eigenvalue weighted by molar-refractivity contribution is -0.168. The topological polar surface area (TPSA) is 95.5 Å². The first-order chi connectivity index (χ1) is 22.3. The molecule has 0 amide bonds. The Labute approximate surface area is 278 Å². The number of carbonyl (C=O) groups is 1. The third-order valence-corrected chi connectivity index (χ3v) is 11.8. The maximum absolute atomic E-state index is 14.3. The van der Waals surface area contributed by atoms with Crippen molar-refractivity contribution in [1.29, 1.82) is 0 Å². The summed E-state index contributed by atoms with van der Waals surface area (Å²) in [5, 5.41) is 9.79. The summed E-state index contributed by atoms with van der Waals surface area (Å²) in [6.45, 7) is 13.0. The average Bonchev–Trinajstić information content (AvgIpc) is 3.50. The number of hydrogen-bond donors (Lipinski definition) is 1. The normalized spacial score (nSPS) is 29.3. The summed E-state index contributed by atoms with van der Waals surface area (Å²) in [6.07, 6.45) is 15.5. The molecule has 6 rings (SSSR count). The van der Waals surface area contributed by atoms with Gasteiger partial charge in [0.2, 0.25) is 0 Å². The van der Waals surface area contributed by atoms with Crippen LogP contribution in [-0.4, -0.2) is 36.7 Å². The Bertz CT molecular complexity index is 1700. The quantitative estimate of drug-likeness (QED) is 0.286. The van der Waals surface area contributed by atoms with E-state index in [1.165, 1.54) is 28.6 Å². The molecule has 1 aromatic carbocycles. The number of carboxylic acid groups (broad SMARTS) is 1. The lowest BCUT2D eigenvalue weighted by Gasteiger charge is -2.44. The van der Waals surface area contributed by atoms with E-state index in [2.05, 4.69) is 45.9 Å². The number of rotatable bonds is 9. The third kappa shape index (κ3) is 6.18. The van der Waals surface area contributed by atoms with E-state index in [1.807, 2.05) is 18.2 Å². The molecule has 2 fully saturated rings. The van der Waals surface area contributed by atoms with Gasteiger partial charge in [-0.05, 0) is 124 Å². The second-order valence-electron chi connectivity index (χ2n) is 15.8. The van der Waals surface area contributed by atoms with Crippen molar-refractivity contribution in [3.05, 3.63) is 86.2 Å². The van der Waals surface area contributed by atoms with Crippen molar-refractivity contribution in [1.82, 2.24) is 13.9 Å². The van der Waals surface area contributed by atoms with Gasteiger partial charge in [0.15, 0.2) is 5.60 Å². The predicted octanol–water partition coefficient (Wildman–Crippen LogP) is 7.47. The minimum Gasteiger partial charge on any atom is -0.479 e. The molecule has 254 valence electrons. The molecule has 0 saturated heterocycles. The van der Waals surface area contributed by atoms with Crippen LogP contribution in [0.3, 0.4) is 0 Å². The predicted molar refractivity (Wildman–Crippen MR) is 185 cm³/mol. The van der Waals surface area contributed by atoms with Gasteiger partial charge in [-0.15, -0.1) is 0 Å². The molecule has 0 unspecified atom stereocenters. The van der Waals surface area contributed by atoms with Crippen LogP contribution in [0.1, 0.15) is 105 Å². The number of allylic oxidation sites excluding steroid dienone is 5. The Balaban J connectivity index is 1.41. The third-order valence-electron chi connectivity index (χ3n) is 11.8. The van der Waals surface area contributed by atoms with Gasteiger partial charge in [0.1, 0.15) is 0 Å². The average molecular weight is 644 g/mol. The molecule has 0 radical (unpaired) electrons. The molecule has 2 aromatic rings. The number of ether oxygens (including phenoxy) is 1.